The predicted molar refractivity (Wildman–Crippen MR) is 151 cm³/mol. The fourth-order valence-electron chi connectivity index (χ4n) is 4.66. The lowest BCUT2D eigenvalue weighted by atomic mass is 9.89. The second kappa shape index (κ2) is 16.1. The molecule has 38 heavy (non-hydrogen) atoms. The summed E-state index contributed by atoms with van der Waals surface area (Å²) >= 11 is 0. The minimum Gasteiger partial charge on any atom is -0.450 e. The first-order chi connectivity index (χ1) is 18.6. The number of nitrogens with one attached hydrogen (secondary N) is 2. The lowest BCUT2D eigenvalue weighted by Crippen LogP contribution is -2.28. The number of rotatable bonds is 14. The third-order valence-corrected chi connectivity index (χ3v) is 6.50. The highest BCUT2D eigenvalue weighted by molar-refractivity contribution is 5.68. The average molecular weight is 517 g/mol. The minimum absolute atomic E-state index is 0.312. The van der Waals surface area contributed by atoms with Gasteiger partial charge < -0.3 is 20.1 Å². The van der Waals surface area contributed by atoms with Crippen LogP contribution in [0.2, 0.25) is 0 Å². The van der Waals surface area contributed by atoms with Gasteiger partial charge in [-0.3, -0.25) is 0 Å². The number of ether oxygens (including phenoxy) is 2. The van der Waals surface area contributed by atoms with Crippen LogP contribution in [-0.4, -0.2) is 25.4 Å². The first-order valence-electron chi connectivity index (χ1n) is 13.6. The van der Waals surface area contributed by atoms with Gasteiger partial charge in [0.1, 0.15) is 0 Å². The van der Waals surface area contributed by atoms with Crippen LogP contribution in [0.15, 0.2) is 72.8 Å². The molecule has 0 saturated carbocycles. The van der Waals surface area contributed by atoms with E-state index in [2.05, 4.69) is 71.3 Å². The summed E-state index contributed by atoms with van der Waals surface area (Å²) in [4.78, 5) is 24.2. The van der Waals surface area contributed by atoms with Gasteiger partial charge in [0.05, 0.1) is 13.2 Å². The molecule has 2 amide bonds. The Balaban J connectivity index is 1.85. The van der Waals surface area contributed by atoms with Crippen LogP contribution in [0.1, 0.15) is 60.1 Å². The van der Waals surface area contributed by atoms with Crippen molar-refractivity contribution in [3.8, 4) is 0 Å². The highest BCUT2D eigenvalue weighted by Crippen LogP contribution is 2.25. The maximum absolute atomic E-state index is 12.2. The molecule has 0 atom stereocenters. The van der Waals surface area contributed by atoms with Gasteiger partial charge in [0.2, 0.25) is 0 Å². The number of hydrogen-bond donors (Lipinski definition) is 2. The van der Waals surface area contributed by atoms with Crippen molar-refractivity contribution < 1.29 is 19.1 Å². The molecule has 0 unspecified atom stereocenters. The summed E-state index contributed by atoms with van der Waals surface area (Å²) in [5, 5.41) is 5.75. The van der Waals surface area contributed by atoms with E-state index in [0.29, 0.717) is 26.3 Å². The molecular formula is C32H40N2O4. The van der Waals surface area contributed by atoms with Crippen LogP contribution in [0.3, 0.4) is 0 Å². The number of aryl methyl sites for hydroxylation is 3. The zero-order chi connectivity index (χ0) is 27.0. The Morgan fingerprint density at radius 2 is 1.08 bits per heavy atom. The maximum Gasteiger partial charge on any atom is 0.407 e. The number of carbonyl (C=O) groups is 2. The third-order valence-electron chi connectivity index (χ3n) is 6.50. The Morgan fingerprint density at radius 1 is 0.579 bits per heavy atom. The van der Waals surface area contributed by atoms with Crippen molar-refractivity contribution in [2.45, 2.75) is 65.5 Å². The van der Waals surface area contributed by atoms with Gasteiger partial charge >= 0.3 is 12.2 Å². The summed E-state index contributed by atoms with van der Waals surface area (Å²) in [6.07, 6.45) is 4.91. The molecule has 0 saturated heterocycles. The lowest BCUT2D eigenvalue weighted by molar-refractivity contribution is 0.150. The normalized spacial score (nSPS) is 10.6. The zero-order valence-corrected chi connectivity index (χ0v) is 22.6. The van der Waals surface area contributed by atoms with Crippen molar-refractivity contribution in [1.82, 2.24) is 10.6 Å². The molecule has 0 aliphatic carbocycles. The number of carbonyl (C=O) groups excluding carboxylic acids is 2. The Kier molecular flexibility index (Phi) is 12.2. The van der Waals surface area contributed by atoms with Crippen LogP contribution in [0.25, 0.3) is 0 Å². The smallest absolute Gasteiger partial charge is 0.407 e. The standard InChI is InChI=1S/C32H40N2O4/c1-3-37-31(35)33-23-28-22-21-27(19-11-17-25-13-7-5-8-14-25)29(30(28)24-34-32(36)38-4-2)20-12-18-26-15-9-6-10-16-26/h5-10,13-16,21-22H,3-4,11-12,17-20,23-24H2,1-2H3,(H,33,35)(H,34,36). The highest BCUT2D eigenvalue weighted by atomic mass is 16.6. The monoisotopic (exact) mass is 516 g/mol. The summed E-state index contributed by atoms with van der Waals surface area (Å²) in [7, 11) is 0. The lowest BCUT2D eigenvalue weighted by Gasteiger charge is -2.20. The SMILES string of the molecule is CCOC(=O)NCc1ccc(CCCc2ccccc2)c(CCCc2ccccc2)c1CNC(=O)OCC. The quantitative estimate of drug-likeness (QED) is 0.255. The van der Waals surface area contributed by atoms with Crippen molar-refractivity contribution in [3.63, 3.8) is 0 Å². The van der Waals surface area contributed by atoms with Gasteiger partial charge in [-0.25, -0.2) is 9.59 Å². The molecule has 0 radical (unpaired) electrons. The van der Waals surface area contributed by atoms with Crippen molar-refractivity contribution in [1.29, 1.82) is 0 Å². The van der Waals surface area contributed by atoms with E-state index in [1.165, 1.54) is 22.3 Å². The molecule has 3 rings (SSSR count). The van der Waals surface area contributed by atoms with Crippen molar-refractivity contribution in [2.24, 2.45) is 0 Å². The zero-order valence-electron chi connectivity index (χ0n) is 22.6. The van der Waals surface area contributed by atoms with Gasteiger partial charge in [-0.1, -0.05) is 72.8 Å². The second-order valence-electron chi connectivity index (χ2n) is 9.17. The van der Waals surface area contributed by atoms with Crippen molar-refractivity contribution in [2.75, 3.05) is 13.2 Å². The van der Waals surface area contributed by atoms with E-state index in [0.717, 1.165) is 49.7 Å². The molecule has 2 N–H and O–H groups in total. The molecule has 0 bridgehead atoms. The second-order valence-corrected chi connectivity index (χ2v) is 9.17. The molecule has 0 fully saturated rings. The molecule has 6 nitrogen and oxygen atoms in total. The number of alkyl carbamates (subject to hydrolysis) is 2. The fourth-order valence-corrected chi connectivity index (χ4v) is 4.66. The Labute approximate surface area is 226 Å². The van der Waals surface area contributed by atoms with Crippen LogP contribution < -0.4 is 10.6 Å². The van der Waals surface area contributed by atoms with Crippen molar-refractivity contribution in [3.05, 3.63) is 106 Å². The van der Waals surface area contributed by atoms with Gasteiger partial charge in [0.25, 0.3) is 0 Å². The topological polar surface area (TPSA) is 76.7 Å². The molecule has 0 heterocycles. The van der Waals surface area contributed by atoms with E-state index in [4.69, 9.17) is 9.47 Å². The van der Waals surface area contributed by atoms with Gasteiger partial charge in [0, 0.05) is 13.1 Å². The van der Waals surface area contributed by atoms with Gasteiger partial charge in [0.15, 0.2) is 0 Å². The van der Waals surface area contributed by atoms with Crippen LogP contribution in [0, 0.1) is 0 Å². The van der Waals surface area contributed by atoms with E-state index >= 15 is 0 Å². The molecule has 3 aromatic rings. The summed E-state index contributed by atoms with van der Waals surface area (Å²) in [6, 6.07) is 25.3. The molecular weight excluding hydrogens is 476 g/mol. The summed E-state index contributed by atoms with van der Waals surface area (Å²) in [5.41, 5.74) is 7.18. The average Bonchev–Trinajstić information content (AvgIpc) is 2.93. The number of amides is 2. The van der Waals surface area contributed by atoms with E-state index in [1.807, 2.05) is 12.1 Å². The first kappa shape index (κ1) is 28.8. The summed E-state index contributed by atoms with van der Waals surface area (Å²) in [5.74, 6) is 0. The summed E-state index contributed by atoms with van der Waals surface area (Å²) < 4.78 is 10.2. The van der Waals surface area contributed by atoms with Crippen molar-refractivity contribution >= 4 is 12.2 Å². The Bertz CT molecular complexity index is 1130. The molecule has 3 aromatic carbocycles. The van der Waals surface area contributed by atoms with Crippen LogP contribution in [0.4, 0.5) is 9.59 Å². The van der Waals surface area contributed by atoms with Gasteiger partial charge in [-0.05, 0) is 85.8 Å². The first-order valence-corrected chi connectivity index (χ1v) is 13.6. The molecule has 0 aliphatic rings. The molecule has 6 heteroatoms. The van der Waals surface area contributed by atoms with Crippen LogP contribution in [0.5, 0.6) is 0 Å². The summed E-state index contributed by atoms with van der Waals surface area (Å²) in [6.45, 7) is 4.86. The Morgan fingerprint density at radius 3 is 1.63 bits per heavy atom. The Hall–Kier alpha value is -3.80. The third kappa shape index (κ3) is 9.58. The van der Waals surface area contributed by atoms with Crippen LogP contribution >= 0.6 is 0 Å². The van der Waals surface area contributed by atoms with Gasteiger partial charge in [-0.15, -0.1) is 0 Å². The molecule has 0 aliphatic heterocycles. The largest absolute Gasteiger partial charge is 0.450 e. The van der Waals surface area contributed by atoms with Crippen LogP contribution in [-0.2, 0) is 48.2 Å². The van der Waals surface area contributed by atoms with E-state index in [9.17, 15) is 9.59 Å². The minimum atomic E-state index is -0.450. The number of hydrogen-bond acceptors (Lipinski definition) is 4. The molecule has 0 aromatic heterocycles. The van der Waals surface area contributed by atoms with Gasteiger partial charge in [-0.2, -0.15) is 0 Å². The highest BCUT2D eigenvalue weighted by Gasteiger charge is 2.16. The maximum atomic E-state index is 12.2. The van der Waals surface area contributed by atoms with E-state index in [1.54, 1.807) is 13.8 Å². The predicted octanol–water partition coefficient (Wildman–Crippen LogP) is 6.53. The number of benzene rings is 3. The van der Waals surface area contributed by atoms with E-state index in [-0.39, 0.29) is 0 Å². The van der Waals surface area contributed by atoms with E-state index < -0.39 is 12.2 Å². The molecule has 0 spiro atoms. The molecule has 202 valence electrons. The fraction of sp³-hybridized carbons (Fsp3) is 0.375.